The second-order valence-electron chi connectivity index (χ2n) is 10.4. The smallest absolute Gasteiger partial charge is 0.264 e. The topological polar surface area (TPSA) is 95.6 Å². The summed E-state index contributed by atoms with van der Waals surface area (Å²) in [5, 5.41) is 5.56. The zero-order valence-electron chi connectivity index (χ0n) is 20.8. The maximum atomic E-state index is 13.1. The van der Waals surface area contributed by atoms with E-state index in [1.165, 1.54) is 70.6 Å². The average Bonchev–Trinajstić information content (AvgIpc) is 3.11. The predicted octanol–water partition coefficient (Wildman–Crippen LogP) is 5.20. The van der Waals surface area contributed by atoms with Crippen LogP contribution in [0.3, 0.4) is 0 Å². The molecule has 0 radical (unpaired) electrons. The van der Waals surface area contributed by atoms with Crippen molar-refractivity contribution in [2.24, 2.45) is 5.92 Å². The molecule has 2 N–H and O–H groups in total. The lowest BCUT2D eigenvalue weighted by molar-refractivity contribution is -0.136. The van der Waals surface area contributed by atoms with E-state index < -0.39 is 23.8 Å². The minimum absolute atomic E-state index is 0.120. The van der Waals surface area contributed by atoms with Gasteiger partial charge >= 0.3 is 0 Å². The maximum absolute atomic E-state index is 13.1. The Balaban J connectivity index is 1.17. The summed E-state index contributed by atoms with van der Waals surface area (Å²) in [6.45, 7) is 0.734. The fraction of sp³-hybridized carbons (Fsp3) is 0.643. The Morgan fingerprint density at radius 2 is 1.54 bits per heavy atom. The Labute approximate surface area is 208 Å². The van der Waals surface area contributed by atoms with E-state index in [9.17, 15) is 19.2 Å². The summed E-state index contributed by atoms with van der Waals surface area (Å²) in [5.74, 6) is -0.890. The number of hydrogen-bond donors (Lipinski definition) is 2. The second-order valence-corrected chi connectivity index (χ2v) is 10.4. The van der Waals surface area contributed by atoms with Crippen LogP contribution in [0.1, 0.15) is 117 Å². The highest BCUT2D eigenvalue weighted by Gasteiger charge is 2.45. The molecule has 7 heteroatoms. The molecule has 1 saturated carbocycles. The molecule has 2 aliphatic heterocycles. The Kier molecular flexibility index (Phi) is 8.94. The number of unbranched alkanes of at least 4 members (excludes halogenated alkanes) is 6. The van der Waals surface area contributed by atoms with Crippen molar-refractivity contribution in [3.8, 4) is 0 Å². The highest BCUT2D eigenvalue weighted by Crippen LogP contribution is 2.32. The monoisotopic (exact) mass is 481 g/mol. The number of fused-ring (bicyclic) bond motifs is 1. The minimum Gasteiger partial charge on any atom is -0.384 e. The van der Waals surface area contributed by atoms with Crippen molar-refractivity contribution in [3.63, 3.8) is 0 Å². The van der Waals surface area contributed by atoms with Crippen molar-refractivity contribution in [2.75, 3.05) is 11.9 Å². The zero-order chi connectivity index (χ0) is 24.6. The number of benzene rings is 1. The van der Waals surface area contributed by atoms with Crippen molar-refractivity contribution in [3.05, 3.63) is 29.3 Å². The third-order valence-corrected chi connectivity index (χ3v) is 7.80. The van der Waals surface area contributed by atoms with Gasteiger partial charge in [0.1, 0.15) is 6.04 Å². The summed E-state index contributed by atoms with van der Waals surface area (Å²) < 4.78 is 0. The number of hydrogen-bond acceptors (Lipinski definition) is 5. The van der Waals surface area contributed by atoms with Crippen LogP contribution in [0.4, 0.5) is 5.69 Å². The van der Waals surface area contributed by atoms with Crippen LogP contribution in [0.2, 0.25) is 0 Å². The SMILES string of the molecule is O=C1CCC(N2C(=O)c3cccc(NCCCCCCCCCC4CCCCC4)c3C2=O)C(=O)N1. The Bertz CT molecular complexity index is 938. The normalized spacial score (nSPS) is 20.8. The van der Waals surface area contributed by atoms with Gasteiger partial charge < -0.3 is 5.32 Å². The number of nitrogens with zero attached hydrogens (tertiary/aromatic N) is 1. The number of carbonyl (C=O) groups excluding carboxylic acids is 4. The van der Waals surface area contributed by atoms with E-state index in [4.69, 9.17) is 0 Å². The number of carbonyl (C=O) groups is 4. The molecule has 1 unspecified atom stereocenters. The van der Waals surface area contributed by atoms with Gasteiger partial charge in [-0.25, -0.2) is 0 Å². The Hall–Kier alpha value is -2.70. The highest BCUT2D eigenvalue weighted by molar-refractivity contribution is 6.25. The van der Waals surface area contributed by atoms with Crippen LogP contribution in [0.15, 0.2) is 18.2 Å². The standard InChI is InChI=1S/C28H39N3O4/c32-24-18-17-23(26(33)30-24)31-27(34)21-15-11-16-22(25(21)28(31)35)29-19-10-5-3-1-2-4-7-12-20-13-8-6-9-14-20/h11,15-16,20,23,29H,1-10,12-14,17-19H2,(H,30,32,33). The first kappa shape index (κ1) is 25.4. The second kappa shape index (κ2) is 12.3. The average molecular weight is 482 g/mol. The van der Waals surface area contributed by atoms with Gasteiger partial charge in [-0.05, 0) is 30.9 Å². The van der Waals surface area contributed by atoms with E-state index in [1.807, 2.05) is 6.07 Å². The first-order valence-corrected chi connectivity index (χ1v) is 13.6. The molecule has 2 heterocycles. The fourth-order valence-corrected chi connectivity index (χ4v) is 5.80. The van der Waals surface area contributed by atoms with Gasteiger partial charge in [0.2, 0.25) is 11.8 Å². The van der Waals surface area contributed by atoms with Gasteiger partial charge in [-0.2, -0.15) is 0 Å². The molecule has 2 fully saturated rings. The van der Waals surface area contributed by atoms with Gasteiger partial charge in [0, 0.05) is 18.7 Å². The molecule has 1 aromatic carbocycles. The lowest BCUT2D eigenvalue weighted by Gasteiger charge is -2.27. The molecule has 0 aromatic heterocycles. The minimum atomic E-state index is -0.935. The lowest BCUT2D eigenvalue weighted by Crippen LogP contribution is -2.54. The van der Waals surface area contributed by atoms with Gasteiger partial charge in [-0.1, -0.05) is 83.1 Å². The largest absolute Gasteiger partial charge is 0.384 e. The Morgan fingerprint density at radius 3 is 2.29 bits per heavy atom. The van der Waals surface area contributed by atoms with E-state index >= 15 is 0 Å². The van der Waals surface area contributed by atoms with Crippen molar-refractivity contribution >= 4 is 29.3 Å². The number of amides is 4. The van der Waals surface area contributed by atoms with E-state index in [2.05, 4.69) is 10.6 Å². The summed E-state index contributed by atoms with van der Waals surface area (Å²) in [4.78, 5) is 50.8. The van der Waals surface area contributed by atoms with E-state index in [1.54, 1.807) is 12.1 Å². The molecule has 7 nitrogen and oxygen atoms in total. The molecule has 4 amide bonds. The third-order valence-electron chi connectivity index (χ3n) is 7.80. The van der Waals surface area contributed by atoms with Crippen molar-refractivity contribution in [1.82, 2.24) is 10.2 Å². The predicted molar refractivity (Wildman–Crippen MR) is 135 cm³/mol. The van der Waals surface area contributed by atoms with Gasteiger partial charge in [0.25, 0.3) is 11.8 Å². The van der Waals surface area contributed by atoms with Crippen LogP contribution in [-0.4, -0.2) is 41.1 Å². The molecule has 1 saturated heterocycles. The number of piperidine rings is 1. The molecule has 1 aromatic rings. The van der Waals surface area contributed by atoms with Crippen LogP contribution < -0.4 is 10.6 Å². The summed E-state index contributed by atoms with van der Waals surface area (Å²) in [6, 6.07) is 4.26. The van der Waals surface area contributed by atoms with Gasteiger partial charge in [0.05, 0.1) is 11.1 Å². The molecule has 1 aliphatic carbocycles. The van der Waals surface area contributed by atoms with Crippen molar-refractivity contribution < 1.29 is 19.2 Å². The van der Waals surface area contributed by atoms with E-state index in [-0.39, 0.29) is 18.7 Å². The Morgan fingerprint density at radius 1 is 0.829 bits per heavy atom. The summed E-state index contributed by atoms with van der Waals surface area (Å²) >= 11 is 0. The van der Waals surface area contributed by atoms with Crippen LogP contribution in [0.5, 0.6) is 0 Å². The molecule has 1 atom stereocenters. The number of anilines is 1. The molecule has 0 spiro atoms. The molecule has 0 bridgehead atoms. The molecule has 3 aliphatic rings. The lowest BCUT2D eigenvalue weighted by atomic mass is 9.85. The van der Waals surface area contributed by atoms with Gasteiger partial charge in [-0.15, -0.1) is 0 Å². The summed E-state index contributed by atoms with van der Waals surface area (Å²) in [6.07, 6.45) is 17.6. The molecule has 190 valence electrons. The molecular weight excluding hydrogens is 442 g/mol. The number of rotatable bonds is 12. The first-order chi connectivity index (χ1) is 17.1. The third kappa shape index (κ3) is 6.30. The van der Waals surface area contributed by atoms with Crippen LogP contribution in [0, 0.1) is 5.92 Å². The molecule has 35 heavy (non-hydrogen) atoms. The maximum Gasteiger partial charge on any atom is 0.264 e. The van der Waals surface area contributed by atoms with Crippen molar-refractivity contribution in [1.29, 1.82) is 0 Å². The fourth-order valence-electron chi connectivity index (χ4n) is 5.80. The van der Waals surface area contributed by atoms with E-state index in [0.29, 0.717) is 16.8 Å². The van der Waals surface area contributed by atoms with Crippen molar-refractivity contribution in [2.45, 2.75) is 102 Å². The first-order valence-electron chi connectivity index (χ1n) is 13.6. The summed E-state index contributed by atoms with van der Waals surface area (Å²) in [5.41, 5.74) is 1.29. The summed E-state index contributed by atoms with van der Waals surface area (Å²) in [7, 11) is 0. The van der Waals surface area contributed by atoms with E-state index in [0.717, 1.165) is 30.2 Å². The molecule has 4 rings (SSSR count). The van der Waals surface area contributed by atoms with Crippen LogP contribution in [0.25, 0.3) is 0 Å². The van der Waals surface area contributed by atoms with Gasteiger partial charge in [0.15, 0.2) is 0 Å². The zero-order valence-corrected chi connectivity index (χ0v) is 20.8. The molecular formula is C28H39N3O4. The highest BCUT2D eigenvalue weighted by atomic mass is 16.2. The number of nitrogens with one attached hydrogen (secondary N) is 2. The van der Waals surface area contributed by atoms with Gasteiger partial charge in [-0.3, -0.25) is 29.4 Å². The van der Waals surface area contributed by atoms with Crippen LogP contribution in [-0.2, 0) is 9.59 Å². The van der Waals surface area contributed by atoms with Crippen LogP contribution >= 0.6 is 0 Å². The number of imide groups is 2. The quantitative estimate of drug-likeness (QED) is 0.316.